The van der Waals surface area contributed by atoms with Crippen LogP contribution in [0.15, 0.2) is 53.4 Å². The van der Waals surface area contributed by atoms with Gasteiger partial charge in [-0.2, -0.15) is 0 Å². The maximum Gasteiger partial charge on any atom is 0.118 e. The molecule has 0 bridgehead atoms. The van der Waals surface area contributed by atoms with Gasteiger partial charge in [-0.15, -0.1) is 11.8 Å². The molecule has 1 saturated carbocycles. The van der Waals surface area contributed by atoms with Crippen molar-refractivity contribution in [1.29, 1.82) is 0 Å². The van der Waals surface area contributed by atoms with Crippen LogP contribution >= 0.6 is 11.8 Å². The molecular weight excluding hydrogens is 300 g/mol. The molecule has 23 heavy (non-hydrogen) atoms. The molecule has 3 rings (SSSR count). The molecule has 2 aromatic rings. The lowest BCUT2D eigenvalue weighted by atomic mass is 9.63. The molecular formula is C21H26OS. The Hall–Kier alpha value is -1.41. The first-order chi connectivity index (χ1) is 11.2. The molecule has 1 nitrogen and oxygen atoms in total. The van der Waals surface area contributed by atoms with Gasteiger partial charge in [-0.3, -0.25) is 0 Å². The zero-order valence-electron chi connectivity index (χ0n) is 14.3. The molecule has 0 amide bonds. The standard InChI is InChI=1S/C21H26OS/c1-16-12-14-21(15-13-16,17-4-8-19(22-2)9-5-17)18-6-10-20(23-3)11-7-18/h4-11,16H,12-15H2,1-3H3. The Morgan fingerprint density at radius 2 is 1.43 bits per heavy atom. The van der Waals surface area contributed by atoms with Crippen molar-refractivity contribution in [2.45, 2.75) is 42.9 Å². The Balaban J connectivity index is 2.02. The molecule has 0 spiro atoms. The summed E-state index contributed by atoms with van der Waals surface area (Å²) < 4.78 is 5.34. The van der Waals surface area contributed by atoms with Gasteiger partial charge in [0, 0.05) is 10.3 Å². The molecule has 1 fully saturated rings. The predicted molar refractivity (Wildman–Crippen MR) is 99.6 cm³/mol. The van der Waals surface area contributed by atoms with Crippen LogP contribution in [0.25, 0.3) is 0 Å². The van der Waals surface area contributed by atoms with Crippen molar-refractivity contribution < 1.29 is 4.74 Å². The summed E-state index contributed by atoms with van der Waals surface area (Å²) in [5, 5.41) is 0. The number of thioether (sulfide) groups is 1. The fourth-order valence-corrected chi connectivity index (χ4v) is 4.23. The van der Waals surface area contributed by atoms with Gasteiger partial charge in [0.15, 0.2) is 0 Å². The zero-order valence-corrected chi connectivity index (χ0v) is 15.2. The van der Waals surface area contributed by atoms with E-state index in [1.807, 2.05) is 11.8 Å². The van der Waals surface area contributed by atoms with E-state index in [0.717, 1.165) is 11.7 Å². The van der Waals surface area contributed by atoms with Gasteiger partial charge in [0.25, 0.3) is 0 Å². The molecule has 2 heteroatoms. The van der Waals surface area contributed by atoms with Crippen LogP contribution in [0.4, 0.5) is 0 Å². The highest BCUT2D eigenvalue weighted by molar-refractivity contribution is 7.98. The fraction of sp³-hybridized carbons (Fsp3) is 0.429. The summed E-state index contributed by atoms with van der Waals surface area (Å²) >= 11 is 1.81. The second-order valence-electron chi connectivity index (χ2n) is 6.72. The Kier molecular flexibility index (Phi) is 5.01. The van der Waals surface area contributed by atoms with E-state index in [1.54, 1.807) is 7.11 Å². The molecule has 0 aliphatic heterocycles. The van der Waals surface area contributed by atoms with Crippen LogP contribution in [0.5, 0.6) is 5.75 Å². The minimum atomic E-state index is 0.162. The van der Waals surface area contributed by atoms with Crippen LogP contribution in [0.3, 0.4) is 0 Å². The van der Waals surface area contributed by atoms with Crippen LogP contribution in [-0.2, 0) is 5.41 Å². The molecule has 2 aromatic carbocycles. The lowest BCUT2D eigenvalue weighted by Gasteiger charge is -2.41. The van der Waals surface area contributed by atoms with Crippen LogP contribution in [0.1, 0.15) is 43.7 Å². The summed E-state index contributed by atoms with van der Waals surface area (Å²) in [6, 6.07) is 17.9. The lowest BCUT2D eigenvalue weighted by molar-refractivity contribution is 0.280. The number of methoxy groups -OCH3 is 1. The Bertz CT molecular complexity index is 572. The first kappa shape index (κ1) is 16.4. The van der Waals surface area contributed by atoms with E-state index < -0.39 is 0 Å². The van der Waals surface area contributed by atoms with Crippen LogP contribution in [0.2, 0.25) is 0 Å². The summed E-state index contributed by atoms with van der Waals surface area (Å²) in [6.45, 7) is 2.38. The van der Waals surface area contributed by atoms with E-state index in [4.69, 9.17) is 4.74 Å². The molecule has 1 aliphatic rings. The number of ether oxygens (including phenoxy) is 1. The van der Waals surface area contributed by atoms with Gasteiger partial charge in [-0.1, -0.05) is 31.2 Å². The minimum Gasteiger partial charge on any atom is -0.497 e. The SMILES string of the molecule is COc1ccc(C2(c3ccc(SC)cc3)CCC(C)CC2)cc1. The minimum absolute atomic E-state index is 0.162. The van der Waals surface area contributed by atoms with Crippen LogP contribution in [-0.4, -0.2) is 13.4 Å². The van der Waals surface area contributed by atoms with Crippen molar-refractivity contribution in [3.05, 3.63) is 59.7 Å². The molecule has 1 aliphatic carbocycles. The third-order valence-electron chi connectivity index (χ3n) is 5.41. The summed E-state index contributed by atoms with van der Waals surface area (Å²) in [5.74, 6) is 1.78. The molecule has 0 unspecified atom stereocenters. The number of hydrogen-bond donors (Lipinski definition) is 0. The third-order valence-corrected chi connectivity index (χ3v) is 6.16. The van der Waals surface area contributed by atoms with Gasteiger partial charge in [-0.25, -0.2) is 0 Å². The second-order valence-corrected chi connectivity index (χ2v) is 7.60. The van der Waals surface area contributed by atoms with Gasteiger partial charge in [0.2, 0.25) is 0 Å². The Labute approximate surface area is 144 Å². The monoisotopic (exact) mass is 326 g/mol. The summed E-state index contributed by atoms with van der Waals surface area (Å²) in [4.78, 5) is 1.34. The summed E-state index contributed by atoms with van der Waals surface area (Å²) in [5.41, 5.74) is 3.06. The van der Waals surface area contributed by atoms with Crippen molar-refractivity contribution in [3.63, 3.8) is 0 Å². The van der Waals surface area contributed by atoms with Crippen molar-refractivity contribution >= 4 is 11.8 Å². The van der Waals surface area contributed by atoms with Gasteiger partial charge < -0.3 is 4.74 Å². The fourth-order valence-electron chi connectivity index (χ4n) is 3.82. The van der Waals surface area contributed by atoms with E-state index in [1.165, 1.54) is 41.7 Å². The van der Waals surface area contributed by atoms with Crippen molar-refractivity contribution in [2.24, 2.45) is 5.92 Å². The number of benzene rings is 2. The highest BCUT2D eigenvalue weighted by atomic mass is 32.2. The molecule has 0 N–H and O–H groups in total. The molecule has 0 aromatic heterocycles. The van der Waals surface area contributed by atoms with E-state index in [0.29, 0.717) is 0 Å². The highest BCUT2D eigenvalue weighted by Gasteiger charge is 2.37. The van der Waals surface area contributed by atoms with Gasteiger partial charge in [0.1, 0.15) is 5.75 Å². The largest absolute Gasteiger partial charge is 0.497 e. The quantitative estimate of drug-likeness (QED) is 0.646. The topological polar surface area (TPSA) is 9.23 Å². The van der Waals surface area contributed by atoms with Gasteiger partial charge >= 0.3 is 0 Å². The number of rotatable bonds is 4. The van der Waals surface area contributed by atoms with Gasteiger partial charge in [0.05, 0.1) is 7.11 Å². The van der Waals surface area contributed by atoms with Crippen LogP contribution in [0, 0.1) is 5.92 Å². The number of hydrogen-bond acceptors (Lipinski definition) is 2. The first-order valence-corrected chi connectivity index (χ1v) is 9.69. The average Bonchev–Trinajstić information content (AvgIpc) is 2.63. The zero-order chi connectivity index (χ0) is 16.3. The average molecular weight is 327 g/mol. The third kappa shape index (κ3) is 3.28. The predicted octanol–water partition coefficient (Wildman–Crippen LogP) is 5.91. The molecule has 122 valence electrons. The van der Waals surface area contributed by atoms with Crippen molar-refractivity contribution in [3.8, 4) is 5.75 Å². The maximum atomic E-state index is 5.34. The van der Waals surface area contributed by atoms with E-state index >= 15 is 0 Å². The Morgan fingerprint density at radius 3 is 1.91 bits per heavy atom. The van der Waals surface area contributed by atoms with Gasteiger partial charge in [-0.05, 0) is 73.2 Å². The molecule has 0 heterocycles. The van der Waals surface area contributed by atoms with Crippen LogP contribution < -0.4 is 4.74 Å². The van der Waals surface area contributed by atoms with E-state index in [9.17, 15) is 0 Å². The second kappa shape index (κ2) is 7.00. The van der Waals surface area contributed by atoms with E-state index in [-0.39, 0.29) is 5.41 Å². The summed E-state index contributed by atoms with van der Waals surface area (Å²) in [7, 11) is 1.73. The Morgan fingerprint density at radius 1 is 0.913 bits per heavy atom. The van der Waals surface area contributed by atoms with Crippen molar-refractivity contribution in [1.82, 2.24) is 0 Å². The van der Waals surface area contributed by atoms with E-state index in [2.05, 4.69) is 61.7 Å². The lowest BCUT2D eigenvalue weighted by Crippen LogP contribution is -2.32. The molecule has 0 saturated heterocycles. The summed E-state index contributed by atoms with van der Waals surface area (Å²) in [6.07, 6.45) is 7.21. The normalized spacial score (nSPS) is 24.4. The molecule has 0 atom stereocenters. The van der Waals surface area contributed by atoms with Crippen molar-refractivity contribution in [2.75, 3.05) is 13.4 Å². The highest BCUT2D eigenvalue weighted by Crippen LogP contribution is 2.46. The molecule has 0 radical (unpaired) electrons. The smallest absolute Gasteiger partial charge is 0.118 e. The maximum absolute atomic E-state index is 5.34. The first-order valence-electron chi connectivity index (χ1n) is 8.47.